The number of ether oxygens (including phenoxy) is 2. The smallest absolute Gasteiger partial charge is 0.123 e. The Balaban J connectivity index is 1.51. The molecule has 0 unspecified atom stereocenters. The molecule has 0 spiro atoms. The van der Waals surface area contributed by atoms with Gasteiger partial charge in [0.2, 0.25) is 0 Å². The van der Waals surface area contributed by atoms with E-state index in [1.807, 2.05) is 12.3 Å². The summed E-state index contributed by atoms with van der Waals surface area (Å²) in [5.74, 6) is 1.03. The van der Waals surface area contributed by atoms with Crippen LogP contribution in [-0.4, -0.2) is 36.7 Å². The molecule has 0 radical (unpaired) electrons. The first-order valence-corrected chi connectivity index (χ1v) is 8.76. The SMILES string of the molecule is COc1cc2c(cc1CN1CCO[C@H](c3cccnc3)C1)CCC2. The number of hydrogen-bond acceptors (Lipinski definition) is 4. The molecule has 1 aromatic heterocycles. The van der Waals surface area contributed by atoms with E-state index in [1.54, 1.807) is 13.3 Å². The molecule has 1 aromatic carbocycles. The second-order valence-corrected chi connectivity index (χ2v) is 6.67. The van der Waals surface area contributed by atoms with Crippen LogP contribution in [0.3, 0.4) is 0 Å². The first-order chi connectivity index (χ1) is 11.8. The number of benzene rings is 1. The average molecular weight is 324 g/mol. The number of rotatable bonds is 4. The zero-order valence-electron chi connectivity index (χ0n) is 14.2. The largest absolute Gasteiger partial charge is 0.496 e. The highest BCUT2D eigenvalue weighted by Crippen LogP contribution is 2.31. The van der Waals surface area contributed by atoms with E-state index < -0.39 is 0 Å². The summed E-state index contributed by atoms with van der Waals surface area (Å²) in [4.78, 5) is 6.68. The highest BCUT2D eigenvalue weighted by atomic mass is 16.5. The van der Waals surface area contributed by atoms with Crippen molar-refractivity contribution < 1.29 is 9.47 Å². The second-order valence-electron chi connectivity index (χ2n) is 6.67. The van der Waals surface area contributed by atoms with Crippen molar-refractivity contribution in [3.05, 3.63) is 58.9 Å². The summed E-state index contributed by atoms with van der Waals surface area (Å²) in [6, 6.07) is 8.67. The number of hydrogen-bond donors (Lipinski definition) is 0. The van der Waals surface area contributed by atoms with Gasteiger partial charge in [-0.05, 0) is 42.5 Å². The average Bonchev–Trinajstić information content (AvgIpc) is 3.09. The van der Waals surface area contributed by atoms with Crippen LogP contribution in [0.5, 0.6) is 5.75 Å². The van der Waals surface area contributed by atoms with Gasteiger partial charge in [0.25, 0.3) is 0 Å². The molecule has 1 aliphatic heterocycles. The summed E-state index contributed by atoms with van der Waals surface area (Å²) in [5, 5.41) is 0. The molecule has 24 heavy (non-hydrogen) atoms. The molecule has 2 aromatic rings. The van der Waals surface area contributed by atoms with Gasteiger partial charge in [0.05, 0.1) is 19.8 Å². The summed E-state index contributed by atoms with van der Waals surface area (Å²) >= 11 is 0. The third-order valence-electron chi connectivity index (χ3n) is 5.10. The van der Waals surface area contributed by atoms with E-state index in [4.69, 9.17) is 9.47 Å². The van der Waals surface area contributed by atoms with Gasteiger partial charge in [-0.25, -0.2) is 0 Å². The van der Waals surface area contributed by atoms with E-state index in [0.29, 0.717) is 0 Å². The van der Waals surface area contributed by atoms with Gasteiger partial charge in [-0.15, -0.1) is 0 Å². The lowest BCUT2D eigenvalue weighted by Crippen LogP contribution is -2.37. The van der Waals surface area contributed by atoms with E-state index in [2.05, 4.69) is 28.1 Å². The predicted molar refractivity (Wildman–Crippen MR) is 93.2 cm³/mol. The molecule has 0 saturated carbocycles. The van der Waals surface area contributed by atoms with Crippen molar-refractivity contribution >= 4 is 0 Å². The van der Waals surface area contributed by atoms with Crippen molar-refractivity contribution in [3.63, 3.8) is 0 Å². The van der Waals surface area contributed by atoms with Gasteiger partial charge in [-0.1, -0.05) is 12.1 Å². The number of methoxy groups -OCH3 is 1. The van der Waals surface area contributed by atoms with Crippen molar-refractivity contribution in [2.75, 3.05) is 26.8 Å². The Kier molecular flexibility index (Phi) is 4.50. The maximum atomic E-state index is 5.95. The molecular formula is C20H24N2O2. The van der Waals surface area contributed by atoms with Crippen LogP contribution in [0.2, 0.25) is 0 Å². The zero-order chi connectivity index (χ0) is 16.4. The number of fused-ring (bicyclic) bond motifs is 1. The molecule has 1 atom stereocenters. The molecule has 1 saturated heterocycles. The third kappa shape index (κ3) is 3.17. The molecule has 0 amide bonds. The van der Waals surface area contributed by atoms with Crippen molar-refractivity contribution in [1.29, 1.82) is 0 Å². The van der Waals surface area contributed by atoms with Crippen molar-refractivity contribution in [1.82, 2.24) is 9.88 Å². The van der Waals surface area contributed by atoms with Crippen LogP contribution in [0.25, 0.3) is 0 Å². The fourth-order valence-electron chi connectivity index (χ4n) is 3.82. The number of morpholine rings is 1. The Morgan fingerprint density at radius 3 is 2.96 bits per heavy atom. The fraction of sp³-hybridized carbons (Fsp3) is 0.450. The number of pyridine rings is 1. The number of nitrogens with zero attached hydrogens (tertiary/aromatic N) is 2. The van der Waals surface area contributed by atoms with Crippen LogP contribution in [0.4, 0.5) is 0 Å². The minimum absolute atomic E-state index is 0.105. The normalized spacial score (nSPS) is 20.8. The van der Waals surface area contributed by atoms with Crippen LogP contribution in [0, 0.1) is 0 Å². The van der Waals surface area contributed by atoms with Crippen molar-refractivity contribution in [2.24, 2.45) is 0 Å². The Labute approximate surface area is 143 Å². The molecule has 2 aliphatic rings. The van der Waals surface area contributed by atoms with Crippen LogP contribution in [-0.2, 0) is 24.1 Å². The molecule has 4 nitrogen and oxygen atoms in total. The van der Waals surface area contributed by atoms with Gasteiger partial charge in [-0.2, -0.15) is 0 Å². The molecule has 0 bridgehead atoms. The Morgan fingerprint density at radius 1 is 1.29 bits per heavy atom. The maximum Gasteiger partial charge on any atom is 0.123 e. The summed E-state index contributed by atoms with van der Waals surface area (Å²) < 4.78 is 11.6. The van der Waals surface area contributed by atoms with E-state index in [9.17, 15) is 0 Å². The van der Waals surface area contributed by atoms with Crippen LogP contribution in [0.15, 0.2) is 36.7 Å². The van der Waals surface area contributed by atoms with Gasteiger partial charge in [-0.3, -0.25) is 9.88 Å². The van der Waals surface area contributed by atoms with E-state index in [-0.39, 0.29) is 6.10 Å². The van der Waals surface area contributed by atoms with Gasteiger partial charge < -0.3 is 9.47 Å². The molecule has 2 heterocycles. The fourth-order valence-corrected chi connectivity index (χ4v) is 3.82. The summed E-state index contributed by atoms with van der Waals surface area (Å²) in [6.07, 6.45) is 7.47. The van der Waals surface area contributed by atoms with Crippen molar-refractivity contribution in [3.8, 4) is 5.75 Å². The zero-order valence-corrected chi connectivity index (χ0v) is 14.2. The van der Waals surface area contributed by atoms with Crippen molar-refractivity contribution in [2.45, 2.75) is 31.9 Å². The Hall–Kier alpha value is -1.91. The van der Waals surface area contributed by atoms with Gasteiger partial charge in [0.1, 0.15) is 5.75 Å². The predicted octanol–water partition coefficient (Wildman–Crippen LogP) is 3.15. The summed E-state index contributed by atoms with van der Waals surface area (Å²) in [5.41, 5.74) is 5.42. The first kappa shape index (κ1) is 15.6. The van der Waals surface area contributed by atoms with Crippen LogP contribution < -0.4 is 4.74 Å². The first-order valence-electron chi connectivity index (χ1n) is 8.76. The van der Waals surface area contributed by atoms with E-state index >= 15 is 0 Å². The molecule has 1 aliphatic carbocycles. The maximum absolute atomic E-state index is 5.95. The number of aryl methyl sites for hydroxylation is 2. The monoisotopic (exact) mass is 324 g/mol. The quantitative estimate of drug-likeness (QED) is 0.865. The second kappa shape index (κ2) is 6.91. The molecule has 1 fully saturated rings. The standard InChI is InChI=1S/C20H24N2O2/c1-23-19-11-16-5-2-4-15(16)10-18(19)13-22-8-9-24-20(14-22)17-6-3-7-21-12-17/h3,6-7,10-12,20H,2,4-5,8-9,13-14H2,1H3/t20-/m0/s1. The molecular weight excluding hydrogens is 300 g/mol. The lowest BCUT2D eigenvalue weighted by Gasteiger charge is -2.33. The Bertz CT molecular complexity index is 702. The molecule has 4 rings (SSSR count). The topological polar surface area (TPSA) is 34.6 Å². The summed E-state index contributed by atoms with van der Waals surface area (Å²) in [7, 11) is 1.78. The van der Waals surface area contributed by atoms with E-state index in [1.165, 1.54) is 36.0 Å². The number of aromatic nitrogens is 1. The van der Waals surface area contributed by atoms with Gasteiger partial charge in [0, 0.05) is 43.2 Å². The van der Waals surface area contributed by atoms with Gasteiger partial charge in [0.15, 0.2) is 0 Å². The lowest BCUT2D eigenvalue weighted by atomic mass is 10.0. The van der Waals surface area contributed by atoms with E-state index in [0.717, 1.165) is 37.6 Å². The molecule has 0 N–H and O–H groups in total. The third-order valence-corrected chi connectivity index (χ3v) is 5.10. The Morgan fingerprint density at radius 2 is 2.17 bits per heavy atom. The minimum atomic E-state index is 0.105. The van der Waals surface area contributed by atoms with Crippen LogP contribution >= 0.6 is 0 Å². The lowest BCUT2D eigenvalue weighted by molar-refractivity contribution is -0.0332. The highest BCUT2D eigenvalue weighted by molar-refractivity contribution is 5.44. The minimum Gasteiger partial charge on any atom is -0.496 e. The highest BCUT2D eigenvalue weighted by Gasteiger charge is 2.24. The molecule has 4 heteroatoms. The summed E-state index contributed by atoms with van der Waals surface area (Å²) in [6.45, 7) is 3.52. The van der Waals surface area contributed by atoms with Gasteiger partial charge >= 0.3 is 0 Å². The molecule has 126 valence electrons. The van der Waals surface area contributed by atoms with Crippen LogP contribution in [0.1, 0.15) is 34.8 Å².